The Morgan fingerprint density at radius 2 is 1.76 bits per heavy atom. The first-order valence-corrected chi connectivity index (χ1v) is 7.75. The average molecular weight is 390 g/mol. The van der Waals surface area contributed by atoms with Crippen molar-refractivity contribution in [3.63, 3.8) is 0 Å². The van der Waals surface area contributed by atoms with E-state index >= 15 is 0 Å². The molecule has 0 aliphatic heterocycles. The summed E-state index contributed by atoms with van der Waals surface area (Å²) < 4.78 is 0.926. The highest BCUT2D eigenvalue weighted by Gasteiger charge is 2.17. The number of benzene rings is 2. The third-order valence-corrected chi connectivity index (χ3v) is 4.04. The van der Waals surface area contributed by atoms with Crippen molar-refractivity contribution in [3.05, 3.63) is 69.3 Å². The standard InChI is InChI=1S/C17H15IN2O/c18-16-10-5-4-9-15(16)17(21)20(12-6-11-19)13-14-7-2-1-3-8-14/h1-5,7-10H,6,12-13H2. The summed E-state index contributed by atoms with van der Waals surface area (Å²) in [5.41, 5.74) is 1.75. The Hall–Kier alpha value is -1.87. The normalized spacial score (nSPS) is 9.90. The van der Waals surface area contributed by atoms with E-state index in [4.69, 9.17) is 5.26 Å². The molecule has 0 aromatic heterocycles. The summed E-state index contributed by atoms with van der Waals surface area (Å²) in [6, 6.07) is 19.5. The highest BCUT2D eigenvalue weighted by molar-refractivity contribution is 14.1. The fourth-order valence-electron chi connectivity index (χ4n) is 2.05. The summed E-state index contributed by atoms with van der Waals surface area (Å²) >= 11 is 2.17. The van der Waals surface area contributed by atoms with Crippen LogP contribution in [0.3, 0.4) is 0 Å². The Morgan fingerprint density at radius 3 is 2.43 bits per heavy atom. The van der Waals surface area contributed by atoms with Gasteiger partial charge in [0.1, 0.15) is 0 Å². The molecule has 0 spiro atoms. The molecule has 0 atom stereocenters. The predicted octanol–water partition coefficient (Wildman–Crippen LogP) is 3.85. The molecule has 0 unspecified atom stereocenters. The summed E-state index contributed by atoms with van der Waals surface area (Å²) in [6.45, 7) is 0.960. The van der Waals surface area contributed by atoms with Gasteiger partial charge in [0.25, 0.3) is 5.91 Å². The van der Waals surface area contributed by atoms with Gasteiger partial charge >= 0.3 is 0 Å². The highest BCUT2D eigenvalue weighted by atomic mass is 127. The molecule has 0 heterocycles. The minimum absolute atomic E-state index is 0.0286. The van der Waals surface area contributed by atoms with Crippen LogP contribution in [0, 0.1) is 14.9 Å². The maximum Gasteiger partial charge on any atom is 0.255 e. The lowest BCUT2D eigenvalue weighted by molar-refractivity contribution is 0.0746. The van der Waals surface area contributed by atoms with Gasteiger partial charge in [-0.05, 0) is 40.3 Å². The lowest BCUT2D eigenvalue weighted by Gasteiger charge is -2.22. The van der Waals surface area contributed by atoms with Gasteiger partial charge < -0.3 is 4.90 Å². The van der Waals surface area contributed by atoms with E-state index in [9.17, 15) is 4.79 Å². The van der Waals surface area contributed by atoms with E-state index in [-0.39, 0.29) is 5.91 Å². The molecule has 0 N–H and O–H groups in total. The summed E-state index contributed by atoms with van der Waals surface area (Å²) in [7, 11) is 0. The average Bonchev–Trinajstić information content (AvgIpc) is 2.52. The van der Waals surface area contributed by atoms with Crippen LogP contribution in [0.15, 0.2) is 54.6 Å². The molecule has 2 rings (SSSR count). The Balaban J connectivity index is 2.21. The zero-order valence-corrected chi connectivity index (χ0v) is 13.7. The number of hydrogen-bond acceptors (Lipinski definition) is 2. The van der Waals surface area contributed by atoms with Crippen LogP contribution >= 0.6 is 22.6 Å². The van der Waals surface area contributed by atoms with Crippen molar-refractivity contribution < 1.29 is 4.79 Å². The zero-order chi connectivity index (χ0) is 15.1. The quantitative estimate of drug-likeness (QED) is 0.729. The largest absolute Gasteiger partial charge is 0.333 e. The lowest BCUT2D eigenvalue weighted by Crippen LogP contribution is -2.32. The SMILES string of the molecule is N#CCCN(Cc1ccccc1)C(=O)c1ccccc1I. The first kappa shape index (κ1) is 15.5. The van der Waals surface area contributed by atoms with E-state index in [1.54, 1.807) is 4.90 Å². The molecule has 106 valence electrons. The van der Waals surface area contributed by atoms with E-state index in [2.05, 4.69) is 28.7 Å². The second-order valence-corrected chi connectivity index (χ2v) is 5.76. The number of nitrogens with zero attached hydrogens (tertiary/aromatic N) is 2. The van der Waals surface area contributed by atoms with E-state index in [1.807, 2.05) is 54.6 Å². The molecule has 0 radical (unpaired) electrons. The minimum atomic E-state index is -0.0286. The smallest absolute Gasteiger partial charge is 0.255 e. The lowest BCUT2D eigenvalue weighted by atomic mass is 10.1. The highest BCUT2D eigenvalue weighted by Crippen LogP contribution is 2.16. The minimum Gasteiger partial charge on any atom is -0.333 e. The van der Waals surface area contributed by atoms with Gasteiger partial charge in [0.15, 0.2) is 0 Å². The Bertz CT molecular complexity index is 649. The van der Waals surface area contributed by atoms with Crippen molar-refractivity contribution in [3.8, 4) is 6.07 Å². The number of rotatable bonds is 5. The van der Waals surface area contributed by atoms with Gasteiger partial charge in [0.2, 0.25) is 0 Å². The predicted molar refractivity (Wildman–Crippen MR) is 90.6 cm³/mol. The number of carbonyl (C=O) groups excluding carboxylic acids is 1. The van der Waals surface area contributed by atoms with E-state index < -0.39 is 0 Å². The van der Waals surface area contributed by atoms with Crippen molar-refractivity contribution >= 4 is 28.5 Å². The van der Waals surface area contributed by atoms with Crippen molar-refractivity contribution in [2.45, 2.75) is 13.0 Å². The van der Waals surface area contributed by atoms with Crippen molar-refractivity contribution in [2.75, 3.05) is 6.54 Å². The van der Waals surface area contributed by atoms with Gasteiger partial charge in [0.05, 0.1) is 18.1 Å². The molecule has 21 heavy (non-hydrogen) atoms. The van der Waals surface area contributed by atoms with Gasteiger partial charge in [0, 0.05) is 16.7 Å². The Kier molecular flexibility index (Phi) is 5.76. The molecule has 2 aromatic rings. The molecular formula is C17H15IN2O. The molecule has 0 aliphatic rings. The Morgan fingerprint density at radius 1 is 1.10 bits per heavy atom. The number of nitriles is 1. The Labute approximate surface area is 138 Å². The van der Waals surface area contributed by atoms with Crippen LogP contribution in [0.2, 0.25) is 0 Å². The van der Waals surface area contributed by atoms with Crippen LogP contribution < -0.4 is 0 Å². The van der Waals surface area contributed by atoms with Crippen molar-refractivity contribution in [1.82, 2.24) is 4.90 Å². The zero-order valence-electron chi connectivity index (χ0n) is 11.5. The maximum absolute atomic E-state index is 12.7. The van der Waals surface area contributed by atoms with Crippen molar-refractivity contribution in [1.29, 1.82) is 5.26 Å². The number of amides is 1. The fraction of sp³-hybridized carbons (Fsp3) is 0.176. The first-order chi connectivity index (χ1) is 10.2. The summed E-state index contributed by atoms with van der Waals surface area (Å²) in [5.74, 6) is -0.0286. The van der Waals surface area contributed by atoms with Gasteiger partial charge in [-0.1, -0.05) is 42.5 Å². The van der Waals surface area contributed by atoms with Crippen LogP contribution in [0.25, 0.3) is 0 Å². The molecular weight excluding hydrogens is 375 g/mol. The number of hydrogen-bond donors (Lipinski definition) is 0. The van der Waals surface area contributed by atoms with E-state index in [0.29, 0.717) is 25.1 Å². The second-order valence-electron chi connectivity index (χ2n) is 4.60. The topological polar surface area (TPSA) is 44.1 Å². The molecule has 0 fully saturated rings. The van der Waals surface area contributed by atoms with Gasteiger partial charge in [-0.25, -0.2) is 0 Å². The fourth-order valence-corrected chi connectivity index (χ4v) is 2.66. The molecule has 3 nitrogen and oxygen atoms in total. The van der Waals surface area contributed by atoms with Crippen LogP contribution in [-0.4, -0.2) is 17.4 Å². The molecule has 0 saturated carbocycles. The third-order valence-electron chi connectivity index (χ3n) is 3.10. The summed E-state index contributed by atoms with van der Waals surface area (Å²) in [6.07, 6.45) is 0.335. The molecule has 1 amide bonds. The van der Waals surface area contributed by atoms with E-state index in [0.717, 1.165) is 9.13 Å². The van der Waals surface area contributed by atoms with Crippen LogP contribution in [0.5, 0.6) is 0 Å². The first-order valence-electron chi connectivity index (χ1n) is 6.67. The summed E-state index contributed by atoms with van der Waals surface area (Å²) in [5, 5.41) is 8.80. The van der Waals surface area contributed by atoms with Gasteiger partial charge in [-0.15, -0.1) is 0 Å². The van der Waals surface area contributed by atoms with Gasteiger partial charge in [-0.2, -0.15) is 5.26 Å². The van der Waals surface area contributed by atoms with Crippen molar-refractivity contribution in [2.24, 2.45) is 0 Å². The third kappa shape index (κ3) is 4.30. The molecule has 0 saturated heterocycles. The number of halogens is 1. The number of carbonyl (C=O) groups is 1. The van der Waals surface area contributed by atoms with Crippen LogP contribution in [0.4, 0.5) is 0 Å². The molecule has 4 heteroatoms. The second kappa shape index (κ2) is 7.79. The molecule has 2 aromatic carbocycles. The summed E-state index contributed by atoms with van der Waals surface area (Å²) in [4.78, 5) is 14.4. The molecule has 0 aliphatic carbocycles. The van der Waals surface area contributed by atoms with Crippen LogP contribution in [0.1, 0.15) is 22.3 Å². The van der Waals surface area contributed by atoms with Crippen LogP contribution in [-0.2, 0) is 6.54 Å². The van der Waals surface area contributed by atoms with E-state index in [1.165, 1.54) is 0 Å². The monoisotopic (exact) mass is 390 g/mol. The maximum atomic E-state index is 12.7. The van der Waals surface area contributed by atoms with Gasteiger partial charge in [-0.3, -0.25) is 4.79 Å². The molecule has 0 bridgehead atoms.